The van der Waals surface area contributed by atoms with E-state index in [9.17, 15) is 5.11 Å². The summed E-state index contributed by atoms with van der Waals surface area (Å²) in [5.74, 6) is 1.53. The van der Waals surface area contributed by atoms with E-state index in [1.54, 1.807) is 0 Å². The zero-order valence-corrected chi connectivity index (χ0v) is 13.7. The SMILES string of the molecule is CCCCN(CCC)[C@@H]1Cc2ccc3c(c2C(O)C1)OCO3. The van der Waals surface area contributed by atoms with Gasteiger partial charge in [0.25, 0.3) is 0 Å². The largest absolute Gasteiger partial charge is 0.454 e. The fourth-order valence-corrected chi connectivity index (χ4v) is 3.69. The van der Waals surface area contributed by atoms with Gasteiger partial charge in [-0.3, -0.25) is 4.90 Å². The molecule has 0 saturated heterocycles. The van der Waals surface area contributed by atoms with Crippen LogP contribution in [0, 0.1) is 0 Å². The highest BCUT2D eigenvalue weighted by Gasteiger charge is 2.34. The molecule has 3 rings (SSSR count). The average molecular weight is 305 g/mol. The first-order valence-corrected chi connectivity index (χ1v) is 8.58. The highest BCUT2D eigenvalue weighted by Crippen LogP contribution is 2.45. The second-order valence-corrected chi connectivity index (χ2v) is 6.37. The molecule has 2 aliphatic rings. The van der Waals surface area contributed by atoms with Crippen molar-refractivity contribution in [3.8, 4) is 11.5 Å². The van der Waals surface area contributed by atoms with Crippen LogP contribution in [-0.2, 0) is 6.42 Å². The monoisotopic (exact) mass is 305 g/mol. The molecule has 0 aromatic heterocycles. The van der Waals surface area contributed by atoms with E-state index in [-0.39, 0.29) is 6.79 Å². The van der Waals surface area contributed by atoms with Crippen LogP contribution in [0.25, 0.3) is 0 Å². The summed E-state index contributed by atoms with van der Waals surface area (Å²) in [7, 11) is 0. The Labute approximate surface area is 133 Å². The highest BCUT2D eigenvalue weighted by molar-refractivity contribution is 5.54. The fraction of sp³-hybridized carbons (Fsp3) is 0.667. The van der Waals surface area contributed by atoms with Crippen molar-refractivity contribution >= 4 is 0 Å². The first-order chi connectivity index (χ1) is 10.7. The standard InChI is InChI=1S/C18H27NO3/c1-3-5-9-19(8-4-2)14-10-13-6-7-16-18(22-12-21-16)17(13)15(20)11-14/h6-7,14-15,20H,3-5,8-12H2,1-2H3/t14-,15?/m1/s1. The van der Waals surface area contributed by atoms with Crippen LogP contribution in [0.4, 0.5) is 0 Å². The zero-order chi connectivity index (χ0) is 15.5. The van der Waals surface area contributed by atoms with Crippen LogP contribution in [0.5, 0.6) is 11.5 Å². The van der Waals surface area contributed by atoms with Gasteiger partial charge in [-0.1, -0.05) is 26.3 Å². The third-order valence-electron chi connectivity index (χ3n) is 4.78. The molecule has 0 amide bonds. The molecular weight excluding hydrogens is 278 g/mol. The van der Waals surface area contributed by atoms with E-state index in [4.69, 9.17) is 9.47 Å². The second kappa shape index (κ2) is 6.88. The summed E-state index contributed by atoms with van der Waals surface area (Å²) in [4.78, 5) is 2.56. The normalized spacial score (nSPS) is 22.9. The maximum absolute atomic E-state index is 10.7. The first-order valence-electron chi connectivity index (χ1n) is 8.58. The molecule has 1 aliphatic heterocycles. The van der Waals surface area contributed by atoms with Crippen LogP contribution in [0.1, 0.15) is 56.8 Å². The second-order valence-electron chi connectivity index (χ2n) is 6.37. The van der Waals surface area contributed by atoms with Gasteiger partial charge >= 0.3 is 0 Å². The lowest BCUT2D eigenvalue weighted by Crippen LogP contribution is -2.41. The van der Waals surface area contributed by atoms with E-state index in [2.05, 4.69) is 24.8 Å². The molecule has 0 fully saturated rings. The molecule has 1 aliphatic carbocycles. The predicted molar refractivity (Wildman–Crippen MR) is 86.4 cm³/mol. The summed E-state index contributed by atoms with van der Waals surface area (Å²) >= 11 is 0. The number of aliphatic hydroxyl groups is 1. The lowest BCUT2D eigenvalue weighted by atomic mass is 9.84. The number of hydrogen-bond donors (Lipinski definition) is 1. The number of unbranched alkanes of at least 4 members (excludes halogenated alkanes) is 1. The van der Waals surface area contributed by atoms with E-state index in [0.29, 0.717) is 6.04 Å². The maximum atomic E-state index is 10.7. The van der Waals surface area contributed by atoms with E-state index in [1.165, 1.54) is 18.4 Å². The van der Waals surface area contributed by atoms with Gasteiger partial charge in [-0.15, -0.1) is 0 Å². The summed E-state index contributed by atoms with van der Waals surface area (Å²) in [5, 5.41) is 10.7. The maximum Gasteiger partial charge on any atom is 0.231 e. The van der Waals surface area contributed by atoms with Crippen molar-refractivity contribution in [2.75, 3.05) is 19.9 Å². The third-order valence-corrected chi connectivity index (χ3v) is 4.78. The molecule has 122 valence electrons. The van der Waals surface area contributed by atoms with Crippen molar-refractivity contribution < 1.29 is 14.6 Å². The molecule has 0 bridgehead atoms. The van der Waals surface area contributed by atoms with Crippen molar-refractivity contribution in [2.24, 2.45) is 0 Å². The molecule has 0 radical (unpaired) electrons. The van der Waals surface area contributed by atoms with Gasteiger partial charge in [-0.05, 0) is 50.4 Å². The van der Waals surface area contributed by atoms with Crippen LogP contribution in [0.2, 0.25) is 0 Å². The molecule has 2 atom stereocenters. The number of aliphatic hydroxyl groups excluding tert-OH is 1. The summed E-state index contributed by atoms with van der Waals surface area (Å²) < 4.78 is 11.0. The van der Waals surface area contributed by atoms with Gasteiger partial charge in [-0.2, -0.15) is 0 Å². The summed E-state index contributed by atoms with van der Waals surface area (Å²) in [5.41, 5.74) is 2.17. The minimum Gasteiger partial charge on any atom is -0.454 e. The average Bonchev–Trinajstić information content (AvgIpc) is 2.99. The Balaban J connectivity index is 1.81. The fourth-order valence-electron chi connectivity index (χ4n) is 3.69. The predicted octanol–water partition coefficient (Wildman–Crippen LogP) is 3.28. The van der Waals surface area contributed by atoms with E-state index in [0.717, 1.165) is 49.4 Å². The lowest BCUT2D eigenvalue weighted by Gasteiger charge is -2.37. The molecule has 1 aromatic rings. The number of ether oxygens (including phenoxy) is 2. The van der Waals surface area contributed by atoms with Crippen LogP contribution in [0.15, 0.2) is 12.1 Å². The molecule has 4 nitrogen and oxygen atoms in total. The Kier molecular flexibility index (Phi) is 4.89. The molecule has 0 saturated carbocycles. The van der Waals surface area contributed by atoms with Crippen molar-refractivity contribution in [3.63, 3.8) is 0 Å². The quantitative estimate of drug-likeness (QED) is 0.876. The third kappa shape index (κ3) is 2.95. The molecule has 1 unspecified atom stereocenters. The molecule has 1 heterocycles. The van der Waals surface area contributed by atoms with Gasteiger partial charge in [-0.25, -0.2) is 0 Å². The molecule has 0 spiro atoms. The van der Waals surface area contributed by atoms with Gasteiger partial charge in [0, 0.05) is 11.6 Å². The Morgan fingerprint density at radius 3 is 2.82 bits per heavy atom. The molecule has 1 aromatic carbocycles. The van der Waals surface area contributed by atoms with Crippen molar-refractivity contribution in [3.05, 3.63) is 23.3 Å². The van der Waals surface area contributed by atoms with Crippen LogP contribution >= 0.6 is 0 Å². The highest BCUT2D eigenvalue weighted by atomic mass is 16.7. The number of rotatable bonds is 6. The lowest BCUT2D eigenvalue weighted by molar-refractivity contribution is 0.0847. The van der Waals surface area contributed by atoms with Gasteiger partial charge in [0.05, 0.1) is 6.10 Å². The summed E-state index contributed by atoms with van der Waals surface area (Å²) in [6.45, 7) is 6.96. The summed E-state index contributed by atoms with van der Waals surface area (Å²) in [6, 6.07) is 4.50. The smallest absolute Gasteiger partial charge is 0.231 e. The van der Waals surface area contributed by atoms with Crippen LogP contribution in [-0.4, -0.2) is 35.9 Å². The van der Waals surface area contributed by atoms with Gasteiger partial charge in [0.1, 0.15) is 0 Å². The number of nitrogens with zero attached hydrogens (tertiary/aromatic N) is 1. The molecular formula is C18H27NO3. The van der Waals surface area contributed by atoms with Gasteiger partial charge in [0.15, 0.2) is 11.5 Å². The molecule has 1 N–H and O–H groups in total. The zero-order valence-electron chi connectivity index (χ0n) is 13.7. The van der Waals surface area contributed by atoms with E-state index in [1.807, 2.05) is 6.07 Å². The summed E-state index contributed by atoms with van der Waals surface area (Å²) in [6.07, 6.45) is 4.92. The van der Waals surface area contributed by atoms with Gasteiger partial charge in [0.2, 0.25) is 6.79 Å². The van der Waals surface area contributed by atoms with Crippen molar-refractivity contribution in [2.45, 2.75) is 58.1 Å². The number of fused-ring (bicyclic) bond motifs is 3. The van der Waals surface area contributed by atoms with Crippen molar-refractivity contribution in [1.82, 2.24) is 4.90 Å². The topological polar surface area (TPSA) is 41.9 Å². The Hall–Kier alpha value is -1.26. The number of hydrogen-bond acceptors (Lipinski definition) is 4. The van der Waals surface area contributed by atoms with Crippen LogP contribution < -0.4 is 9.47 Å². The Morgan fingerprint density at radius 1 is 1.18 bits per heavy atom. The Morgan fingerprint density at radius 2 is 2.05 bits per heavy atom. The van der Waals surface area contributed by atoms with Gasteiger partial charge < -0.3 is 14.6 Å². The van der Waals surface area contributed by atoms with E-state index >= 15 is 0 Å². The molecule has 4 heteroatoms. The minimum absolute atomic E-state index is 0.264. The van der Waals surface area contributed by atoms with Crippen molar-refractivity contribution in [1.29, 1.82) is 0 Å². The molecule has 22 heavy (non-hydrogen) atoms. The number of benzene rings is 1. The minimum atomic E-state index is -0.452. The van der Waals surface area contributed by atoms with E-state index < -0.39 is 6.10 Å². The first kappa shape index (κ1) is 15.6. The van der Waals surface area contributed by atoms with Crippen LogP contribution in [0.3, 0.4) is 0 Å². The Bertz CT molecular complexity index is 517.